The molecule has 0 saturated heterocycles. The summed E-state index contributed by atoms with van der Waals surface area (Å²) in [5.41, 5.74) is 1.75. The Kier molecular flexibility index (Phi) is 4.80. The Balaban J connectivity index is 2.19. The van der Waals surface area contributed by atoms with Gasteiger partial charge in [0.1, 0.15) is 0 Å². The predicted molar refractivity (Wildman–Crippen MR) is 98.6 cm³/mol. The molecule has 6 heteroatoms. The third kappa shape index (κ3) is 3.39. The molecule has 3 aromatic rings. The standard InChI is InChI=1S/C19H20NO4P/c1-2-14(19(21)22)17-18(15-10-6-7-11-16(15)20-17)25(23,24)12-13-8-4-3-5-9-13/h3-11,14,20H,2,12H2,1H3,(H,21,22)(H,23,24). The SMILES string of the molecule is CCC(C(=O)O)c1[nH]c2ccccc2c1P(=O)(O)Cc1ccccc1. The Morgan fingerprint density at radius 3 is 2.40 bits per heavy atom. The monoisotopic (exact) mass is 357 g/mol. The molecule has 0 fully saturated rings. The second kappa shape index (κ2) is 6.87. The molecule has 1 aromatic heterocycles. The number of aliphatic carboxylic acids is 1. The highest BCUT2D eigenvalue weighted by atomic mass is 31.2. The van der Waals surface area contributed by atoms with E-state index < -0.39 is 19.3 Å². The van der Waals surface area contributed by atoms with Gasteiger partial charge >= 0.3 is 5.97 Å². The molecule has 0 spiro atoms. The molecule has 0 aliphatic heterocycles. The highest BCUT2D eigenvalue weighted by Gasteiger charge is 2.34. The van der Waals surface area contributed by atoms with E-state index in [0.29, 0.717) is 23.0 Å². The van der Waals surface area contributed by atoms with E-state index in [1.54, 1.807) is 37.3 Å². The Bertz CT molecular complexity index is 948. The van der Waals surface area contributed by atoms with Crippen molar-refractivity contribution in [3.63, 3.8) is 0 Å². The van der Waals surface area contributed by atoms with Gasteiger partial charge in [-0.15, -0.1) is 0 Å². The van der Waals surface area contributed by atoms with Gasteiger partial charge in [-0.2, -0.15) is 0 Å². The van der Waals surface area contributed by atoms with Crippen LogP contribution < -0.4 is 5.30 Å². The Labute approximate surface area is 145 Å². The number of rotatable bonds is 6. The Hall–Kier alpha value is -2.36. The zero-order valence-corrected chi connectivity index (χ0v) is 14.7. The molecule has 3 N–H and O–H groups in total. The van der Waals surface area contributed by atoms with Gasteiger partial charge in [-0.3, -0.25) is 9.36 Å². The minimum Gasteiger partial charge on any atom is -0.481 e. The lowest BCUT2D eigenvalue weighted by Gasteiger charge is -2.16. The second-order valence-electron chi connectivity index (χ2n) is 6.08. The summed E-state index contributed by atoms with van der Waals surface area (Å²) in [6.07, 6.45) is 0.305. The number of para-hydroxylation sites is 1. The summed E-state index contributed by atoms with van der Waals surface area (Å²) in [6, 6.07) is 16.2. The summed E-state index contributed by atoms with van der Waals surface area (Å²) >= 11 is 0. The highest BCUT2D eigenvalue weighted by Crippen LogP contribution is 2.47. The number of carbonyl (C=O) groups is 1. The molecule has 2 aromatic carbocycles. The molecule has 25 heavy (non-hydrogen) atoms. The van der Waals surface area contributed by atoms with E-state index in [9.17, 15) is 19.4 Å². The number of benzene rings is 2. The summed E-state index contributed by atoms with van der Waals surface area (Å²) in [5, 5.41) is 10.4. The molecule has 3 rings (SSSR count). The van der Waals surface area contributed by atoms with Gasteiger partial charge in [0, 0.05) is 16.6 Å². The van der Waals surface area contributed by atoms with Gasteiger partial charge in [0.05, 0.1) is 17.4 Å². The van der Waals surface area contributed by atoms with E-state index in [2.05, 4.69) is 4.98 Å². The highest BCUT2D eigenvalue weighted by molar-refractivity contribution is 7.66. The third-order valence-corrected chi connectivity index (χ3v) is 6.32. The van der Waals surface area contributed by atoms with E-state index in [-0.39, 0.29) is 11.5 Å². The molecule has 0 saturated carbocycles. The van der Waals surface area contributed by atoms with Crippen molar-refractivity contribution in [1.29, 1.82) is 0 Å². The van der Waals surface area contributed by atoms with Crippen molar-refractivity contribution < 1.29 is 19.4 Å². The van der Waals surface area contributed by atoms with Crippen LogP contribution in [0.15, 0.2) is 54.6 Å². The number of carboxylic acids is 1. The van der Waals surface area contributed by atoms with Crippen LogP contribution in [0.2, 0.25) is 0 Å². The van der Waals surface area contributed by atoms with Gasteiger partial charge in [0.15, 0.2) is 0 Å². The minimum atomic E-state index is -3.80. The molecule has 130 valence electrons. The van der Waals surface area contributed by atoms with E-state index in [4.69, 9.17) is 0 Å². The summed E-state index contributed by atoms with van der Waals surface area (Å²) in [5.74, 6) is -1.85. The largest absolute Gasteiger partial charge is 0.481 e. The van der Waals surface area contributed by atoms with Crippen LogP contribution >= 0.6 is 7.37 Å². The first kappa shape index (κ1) is 17.5. The molecule has 5 nitrogen and oxygen atoms in total. The van der Waals surface area contributed by atoms with Crippen molar-refractivity contribution in [3.8, 4) is 0 Å². The molecule has 0 amide bonds. The molecule has 1 heterocycles. The van der Waals surface area contributed by atoms with Crippen LogP contribution in [0.25, 0.3) is 10.9 Å². The minimum absolute atomic E-state index is 0.0290. The average molecular weight is 357 g/mol. The lowest BCUT2D eigenvalue weighted by Crippen LogP contribution is -2.20. The van der Waals surface area contributed by atoms with Gasteiger partial charge in [0.2, 0.25) is 7.37 Å². The van der Waals surface area contributed by atoms with Gasteiger partial charge < -0.3 is 15.0 Å². The first-order chi connectivity index (χ1) is 11.9. The van der Waals surface area contributed by atoms with Crippen LogP contribution in [0.5, 0.6) is 0 Å². The number of aromatic amines is 1. The second-order valence-corrected chi connectivity index (χ2v) is 8.24. The van der Waals surface area contributed by atoms with Crippen molar-refractivity contribution in [2.24, 2.45) is 0 Å². The van der Waals surface area contributed by atoms with E-state index in [0.717, 1.165) is 5.56 Å². The van der Waals surface area contributed by atoms with Crippen LogP contribution in [0.4, 0.5) is 0 Å². The van der Waals surface area contributed by atoms with E-state index >= 15 is 0 Å². The molecular formula is C19H20NO4P. The first-order valence-corrected chi connectivity index (χ1v) is 9.98. The molecule has 0 radical (unpaired) electrons. The maximum absolute atomic E-state index is 13.3. The van der Waals surface area contributed by atoms with Crippen LogP contribution in [0, 0.1) is 0 Å². The van der Waals surface area contributed by atoms with Gasteiger partial charge in [0.25, 0.3) is 0 Å². The number of aromatic nitrogens is 1. The Morgan fingerprint density at radius 1 is 1.12 bits per heavy atom. The summed E-state index contributed by atoms with van der Waals surface area (Å²) in [6.45, 7) is 1.76. The van der Waals surface area contributed by atoms with Crippen LogP contribution in [0.3, 0.4) is 0 Å². The summed E-state index contributed by atoms with van der Waals surface area (Å²) in [7, 11) is -3.80. The maximum Gasteiger partial charge on any atom is 0.312 e. The van der Waals surface area contributed by atoms with Gasteiger partial charge in [-0.25, -0.2) is 0 Å². The van der Waals surface area contributed by atoms with Crippen molar-refractivity contribution in [2.45, 2.75) is 25.4 Å². The van der Waals surface area contributed by atoms with Crippen LogP contribution in [0.1, 0.15) is 30.5 Å². The predicted octanol–water partition coefficient (Wildman–Crippen LogP) is 3.84. The lowest BCUT2D eigenvalue weighted by atomic mass is 10.0. The average Bonchev–Trinajstić information content (AvgIpc) is 2.95. The zero-order valence-electron chi connectivity index (χ0n) is 13.8. The van der Waals surface area contributed by atoms with Gasteiger partial charge in [-0.1, -0.05) is 55.5 Å². The molecule has 2 atom stereocenters. The van der Waals surface area contributed by atoms with Crippen LogP contribution in [-0.2, 0) is 15.5 Å². The first-order valence-electron chi connectivity index (χ1n) is 8.13. The molecule has 0 aliphatic rings. The van der Waals surface area contributed by atoms with E-state index in [1.165, 1.54) is 0 Å². The van der Waals surface area contributed by atoms with Crippen molar-refractivity contribution in [1.82, 2.24) is 4.98 Å². The number of carboxylic acid groups (broad SMARTS) is 1. The third-order valence-electron chi connectivity index (χ3n) is 4.35. The maximum atomic E-state index is 13.3. The number of fused-ring (bicyclic) bond motifs is 1. The number of hydrogen-bond acceptors (Lipinski definition) is 2. The number of H-pyrrole nitrogens is 1. The van der Waals surface area contributed by atoms with Crippen LogP contribution in [-0.4, -0.2) is 21.0 Å². The molecule has 0 aliphatic carbocycles. The van der Waals surface area contributed by atoms with E-state index in [1.807, 2.05) is 24.3 Å². The fourth-order valence-electron chi connectivity index (χ4n) is 3.19. The lowest BCUT2D eigenvalue weighted by molar-refractivity contribution is -0.138. The van der Waals surface area contributed by atoms with Gasteiger partial charge in [-0.05, 0) is 18.1 Å². The smallest absolute Gasteiger partial charge is 0.312 e. The summed E-state index contributed by atoms with van der Waals surface area (Å²) < 4.78 is 13.3. The topological polar surface area (TPSA) is 90.4 Å². The fraction of sp³-hybridized carbons (Fsp3) is 0.211. The number of hydrogen-bond donors (Lipinski definition) is 3. The van der Waals surface area contributed by atoms with Crippen molar-refractivity contribution in [3.05, 3.63) is 65.9 Å². The quantitative estimate of drug-likeness (QED) is 0.585. The fourth-order valence-corrected chi connectivity index (χ4v) is 5.21. The van der Waals surface area contributed by atoms with Crippen molar-refractivity contribution >= 4 is 29.5 Å². The summed E-state index contributed by atoms with van der Waals surface area (Å²) in [4.78, 5) is 25.6. The molecule has 0 bridgehead atoms. The zero-order chi connectivity index (χ0) is 18.0. The normalized spacial score (nSPS) is 15.0. The Morgan fingerprint density at radius 2 is 1.76 bits per heavy atom. The molecule has 2 unspecified atom stereocenters. The number of nitrogens with one attached hydrogen (secondary N) is 1. The molecular weight excluding hydrogens is 337 g/mol. The van der Waals surface area contributed by atoms with Crippen molar-refractivity contribution in [2.75, 3.05) is 0 Å².